The number of likely N-dealkylation sites (tertiary alicyclic amines) is 1. The SMILES string of the molecule is CNC(=O)c1cnc2c(F)cc(-c3ccn4nc(N[C@@H]5CCN(C6COC6)CC5(F)F)nc(OC)c34)cn12. The van der Waals surface area contributed by atoms with E-state index in [9.17, 15) is 18.0 Å². The monoisotopic (exact) mass is 530 g/mol. The summed E-state index contributed by atoms with van der Waals surface area (Å²) in [7, 11) is 2.87. The van der Waals surface area contributed by atoms with Gasteiger partial charge >= 0.3 is 0 Å². The number of fused-ring (bicyclic) bond motifs is 2. The van der Waals surface area contributed by atoms with E-state index in [1.165, 1.54) is 35.3 Å². The predicted molar refractivity (Wildman–Crippen MR) is 130 cm³/mol. The minimum absolute atomic E-state index is 0.00220. The standard InChI is InChI=1S/C24H25F3N8O3/c1-28-21(36)17-8-29-20-16(25)7-13(9-34(17)20)15-3-6-35-19(15)22(37-2)31-23(32-35)30-18-4-5-33(12-24(18,26)27)14-10-38-11-14/h3,6-9,14,18H,4-5,10-12H2,1-2H3,(H,28,36)(H,30,32)/t18-/m1/s1. The number of hydrogen-bond acceptors (Lipinski definition) is 8. The fourth-order valence-electron chi connectivity index (χ4n) is 4.96. The summed E-state index contributed by atoms with van der Waals surface area (Å²) in [5.41, 5.74) is 1.51. The lowest BCUT2D eigenvalue weighted by Crippen LogP contribution is -2.61. The molecule has 0 saturated carbocycles. The van der Waals surface area contributed by atoms with Crippen molar-refractivity contribution in [2.75, 3.05) is 45.8 Å². The molecule has 4 aromatic rings. The van der Waals surface area contributed by atoms with Crippen LogP contribution in [0.5, 0.6) is 5.88 Å². The molecule has 0 unspecified atom stereocenters. The summed E-state index contributed by atoms with van der Waals surface area (Å²) in [5, 5.41) is 9.67. The van der Waals surface area contributed by atoms with Gasteiger partial charge in [0.25, 0.3) is 11.8 Å². The Hall–Kier alpha value is -3.91. The number of carbonyl (C=O) groups is 1. The number of halogens is 3. The number of rotatable bonds is 6. The molecule has 2 N–H and O–H groups in total. The number of piperidine rings is 1. The summed E-state index contributed by atoms with van der Waals surface area (Å²) in [4.78, 5) is 22.3. The largest absolute Gasteiger partial charge is 0.479 e. The average molecular weight is 531 g/mol. The molecule has 4 aromatic heterocycles. The van der Waals surface area contributed by atoms with Crippen molar-refractivity contribution in [2.45, 2.75) is 24.4 Å². The number of aromatic nitrogens is 5. The topological polar surface area (TPSA) is 110 Å². The Labute approximate surface area is 214 Å². The molecule has 38 heavy (non-hydrogen) atoms. The van der Waals surface area contributed by atoms with E-state index in [4.69, 9.17) is 9.47 Å². The van der Waals surface area contributed by atoms with Crippen molar-refractivity contribution in [2.24, 2.45) is 0 Å². The molecule has 200 valence electrons. The maximum absolute atomic E-state index is 15.0. The van der Waals surface area contributed by atoms with E-state index >= 15 is 0 Å². The number of hydrogen-bond donors (Lipinski definition) is 2. The number of ether oxygens (including phenoxy) is 2. The van der Waals surface area contributed by atoms with Crippen molar-refractivity contribution in [1.29, 1.82) is 0 Å². The lowest BCUT2D eigenvalue weighted by molar-refractivity contribution is -0.131. The van der Waals surface area contributed by atoms with Crippen LogP contribution in [-0.4, -0.2) is 93.3 Å². The molecule has 1 atom stereocenters. The molecular formula is C24H25F3N8O3. The van der Waals surface area contributed by atoms with Crippen molar-refractivity contribution >= 4 is 23.0 Å². The van der Waals surface area contributed by atoms with Crippen LogP contribution in [0.4, 0.5) is 19.1 Å². The molecule has 0 bridgehead atoms. The summed E-state index contributed by atoms with van der Waals surface area (Å²) in [6.07, 6.45) is 4.69. The Balaban J connectivity index is 1.33. The fourth-order valence-corrected chi connectivity index (χ4v) is 4.96. The molecule has 2 saturated heterocycles. The van der Waals surface area contributed by atoms with Gasteiger partial charge in [-0.05, 0) is 18.6 Å². The van der Waals surface area contributed by atoms with Crippen LogP contribution in [0.25, 0.3) is 22.3 Å². The normalized spacial score (nSPS) is 20.0. The van der Waals surface area contributed by atoms with E-state index < -0.39 is 23.7 Å². The van der Waals surface area contributed by atoms with Crippen LogP contribution in [0, 0.1) is 5.82 Å². The molecule has 6 rings (SSSR count). The number of imidazole rings is 1. The summed E-state index contributed by atoms with van der Waals surface area (Å²) in [5.74, 6) is -3.94. The number of anilines is 1. The number of methoxy groups -OCH3 is 1. The lowest BCUT2D eigenvalue weighted by Gasteiger charge is -2.44. The molecule has 14 heteroatoms. The highest BCUT2D eigenvalue weighted by Gasteiger charge is 2.47. The molecule has 1 amide bonds. The van der Waals surface area contributed by atoms with Crippen LogP contribution in [0.2, 0.25) is 0 Å². The number of pyridine rings is 1. The van der Waals surface area contributed by atoms with Crippen LogP contribution in [0.3, 0.4) is 0 Å². The molecule has 11 nitrogen and oxygen atoms in total. The van der Waals surface area contributed by atoms with Crippen molar-refractivity contribution in [3.63, 3.8) is 0 Å². The fraction of sp³-hybridized carbons (Fsp3) is 0.417. The Morgan fingerprint density at radius 3 is 2.82 bits per heavy atom. The highest BCUT2D eigenvalue weighted by molar-refractivity contribution is 5.93. The van der Waals surface area contributed by atoms with Crippen LogP contribution < -0.4 is 15.4 Å². The predicted octanol–water partition coefficient (Wildman–Crippen LogP) is 2.07. The molecule has 0 spiro atoms. The van der Waals surface area contributed by atoms with Gasteiger partial charge < -0.3 is 20.1 Å². The molecule has 0 aromatic carbocycles. The van der Waals surface area contributed by atoms with E-state index in [1.54, 1.807) is 23.4 Å². The smallest absolute Gasteiger partial charge is 0.280 e. The molecule has 6 heterocycles. The van der Waals surface area contributed by atoms with Crippen LogP contribution in [-0.2, 0) is 4.74 Å². The highest BCUT2D eigenvalue weighted by Crippen LogP contribution is 2.35. The van der Waals surface area contributed by atoms with Gasteiger partial charge in [0.1, 0.15) is 11.2 Å². The number of amides is 1. The second kappa shape index (κ2) is 9.13. The minimum Gasteiger partial charge on any atom is -0.479 e. The zero-order chi connectivity index (χ0) is 26.6. The number of alkyl halides is 2. The zero-order valence-electron chi connectivity index (χ0n) is 20.6. The zero-order valence-corrected chi connectivity index (χ0v) is 20.6. The molecule has 2 aliphatic rings. The third-order valence-corrected chi connectivity index (χ3v) is 7.07. The van der Waals surface area contributed by atoms with E-state index in [0.29, 0.717) is 36.4 Å². The second-order valence-electron chi connectivity index (χ2n) is 9.37. The molecule has 2 aliphatic heterocycles. The van der Waals surface area contributed by atoms with Crippen molar-refractivity contribution in [3.8, 4) is 17.0 Å². The van der Waals surface area contributed by atoms with Gasteiger partial charge in [0.05, 0.1) is 45.1 Å². The van der Waals surface area contributed by atoms with Crippen LogP contribution in [0.15, 0.2) is 30.7 Å². The maximum Gasteiger partial charge on any atom is 0.280 e. The van der Waals surface area contributed by atoms with E-state index in [-0.39, 0.29) is 42.2 Å². The van der Waals surface area contributed by atoms with Gasteiger partial charge in [0, 0.05) is 37.1 Å². The van der Waals surface area contributed by atoms with Gasteiger partial charge in [-0.25, -0.2) is 22.7 Å². The Bertz CT molecular complexity index is 1530. The first-order valence-corrected chi connectivity index (χ1v) is 12.1. The summed E-state index contributed by atoms with van der Waals surface area (Å²) in [6.45, 7) is 1.10. The highest BCUT2D eigenvalue weighted by atomic mass is 19.3. The minimum atomic E-state index is -3.00. The van der Waals surface area contributed by atoms with Crippen molar-refractivity contribution in [3.05, 3.63) is 42.2 Å². The molecule has 0 radical (unpaired) electrons. The number of carbonyl (C=O) groups excluding carboxylic acids is 1. The number of nitrogens with one attached hydrogen (secondary N) is 2. The van der Waals surface area contributed by atoms with Gasteiger partial charge in [-0.15, -0.1) is 5.10 Å². The third kappa shape index (κ3) is 4.00. The maximum atomic E-state index is 15.0. The third-order valence-electron chi connectivity index (χ3n) is 7.07. The molecule has 0 aliphatic carbocycles. The van der Waals surface area contributed by atoms with Gasteiger partial charge in [0.15, 0.2) is 11.5 Å². The summed E-state index contributed by atoms with van der Waals surface area (Å²) >= 11 is 0. The average Bonchev–Trinajstić information content (AvgIpc) is 3.48. The van der Waals surface area contributed by atoms with E-state index in [0.717, 1.165) is 0 Å². The quantitative estimate of drug-likeness (QED) is 0.390. The van der Waals surface area contributed by atoms with Crippen LogP contribution >= 0.6 is 0 Å². The summed E-state index contributed by atoms with van der Waals surface area (Å²) < 4.78 is 58.3. The Kier molecular flexibility index (Phi) is 5.87. The van der Waals surface area contributed by atoms with Crippen molar-refractivity contribution in [1.82, 2.24) is 34.2 Å². The van der Waals surface area contributed by atoms with Gasteiger partial charge in [-0.1, -0.05) is 0 Å². The second-order valence-corrected chi connectivity index (χ2v) is 9.37. The van der Waals surface area contributed by atoms with E-state index in [1.807, 2.05) is 0 Å². The molecular weight excluding hydrogens is 505 g/mol. The first kappa shape index (κ1) is 24.4. The first-order valence-electron chi connectivity index (χ1n) is 12.1. The Morgan fingerprint density at radius 1 is 1.32 bits per heavy atom. The Morgan fingerprint density at radius 2 is 2.13 bits per heavy atom. The van der Waals surface area contributed by atoms with Gasteiger partial charge in [-0.3, -0.25) is 14.1 Å². The molecule has 2 fully saturated rings. The van der Waals surface area contributed by atoms with Crippen molar-refractivity contribution < 1.29 is 27.4 Å². The van der Waals surface area contributed by atoms with E-state index in [2.05, 4.69) is 25.7 Å². The van der Waals surface area contributed by atoms with Gasteiger partial charge in [0.2, 0.25) is 11.8 Å². The van der Waals surface area contributed by atoms with Gasteiger partial charge in [-0.2, -0.15) is 4.98 Å². The van der Waals surface area contributed by atoms with Crippen LogP contribution in [0.1, 0.15) is 16.9 Å². The lowest BCUT2D eigenvalue weighted by atomic mass is 9.98. The first-order chi connectivity index (χ1) is 18.3. The summed E-state index contributed by atoms with van der Waals surface area (Å²) in [6, 6.07) is 1.85. The number of nitrogens with zero attached hydrogens (tertiary/aromatic N) is 6.